The number of hydrogen-bond acceptors (Lipinski definition) is 5. The molecule has 2 fully saturated rings. The van der Waals surface area contributed by atoms with E-state index in [1.807, 2.05) is 32.7 Å². The molecule has 1 unspecified atom stereocenters. The zero-order valence-electron chi connectivity index (χ0n) is 17.3. The second kappa shape index (κ2) is 9.66. The predicted octanol–water partition coefficient (Wildman–Crippen LogP) is 2.37. The fraction of sp³-hybridized carbons (Fsp3) is 0.500. The van der Waals surface area contributed by atoms with Gasteiger partial charge in [0.25, 0.3) is 0 Å². The number of para-hydroxylation sites is 1. The monoisotopic (exact) mass is 428 g/mol. The molecule has 0 aliphatic carbocycles. The Bertz CT molecular complexity index is 894. The number of imidazole rings is 1. The molecule has 7 nitrogen and oxygen atoms in total. The number of aromatic nitrogens is 2. The fourth-order valence-corrected chi connectivity index (χ4v) is 4.95. The number of ether oxygens (including phenoxy) is 1. The summed E-state index contributed by atoms with van der Waals surface area (Å²) in [5, 5.41) is 0.801. The van der Waals surface area contributed by atoms with Crippen LogP contribution in [0.5, 0.6) is 0 Å². The van der Waals surface area contributed by atoms with Crippen LogP contribution in [-0.4, -0.2) is 76.3 Å². The molecular weight excluding hydrogens is 400 g/mol. The molecule has 160 valence electrons. The lowest BCUT2D eigenvalue weighted by molar-refractivity contribution is -0.143. The van der Waals surface area contributed by atoms with Gasteiger partial charge in [0.2, 0.25) is 11.8 Å². The number of nitrogens with zero attached hydrogens (tertiary/aromatic N) is 4. The molecule has 30 heavy (non-hydrogen) atoms. The van der Waals surface area contributed by atoms with E-state index in [4.69, 9.17) is 4.74 Å². The minimum Gasteiger partial charge on any atom is -0.378 e. The molecule has 2 saturated heterocycles. The largest absolute Gasteiger partial charge is 0.378 e. The Morgan fingerprint density at radius 1 is 1.17 bits per heavy atom. The van der Waals surface area contributed by atoms with Crippen LogP contribution in [0.15, 0.2) is 41.8 Å². The van der Waals surface area contributed by atoms with Crippen LogP contribution in [0.3, 0.4) is 0 Å². The van der Waals surface area contributed by atoms with Gasteiger partial charge in [-0.2, -0.15) is 0 Å². The third-order valence-electron chi connectivity index (χ3n) is 5.75. The Morgan fingerprint density at radius 3 is 2.77 bits per heavy atom. The molecule has 3 heterocycles. The van der Waals surface area contributed by atoms with E-state index < -0.39 is 0 Å². The molecule has 2 aliphatic heterocycles. The summed E-state index contributed by atoms with van der Waals surface area (Å²) in [4.78, 5) is 33.9. The average Bonchev–Trinajstić information content (AvgIpc) is 3.26. The van der Waals surface area contributed by atoms with Crippen molar-refractivity contribution in [1.29, 1.82) is 0 Å². The molecule has 2 amide bonds. The lowest BCUT2D eigenvalue weighted by Crippen LogP contribution is -2.49. The van der Waals surface area contributed by atoms with Crippen LogP contribution in [0.25, 0.3) is 5.69 Å². The highest BCUT2D eigenvalue weighted by molar-refractivity contribution is 7.99. The van der Waals surface area contributed by atoms with Crippen molar-refractivity contribution >= 4 is 23.6 Å². The molecule has 8 heteroatoms. The Morgan fingerprint density at radius 2 is 1.97 bits per heavy atom. The van der Waals surface area contributed by atoms with Crippen molar-refractivity contribution in [3.8, 4) is 5.69 Å². The van der Waals surface area contributed by atoms with Gasteiger partial charge in [-0.1, -0.05) is 30.0 Å². The first kappa shape index (κ1) is 20.9. The van der Waals surface area contributed by atoms with Gasteiger partial charge in [-0.05, 0) is 31.4 Å². The van der Waals surface area contributed by atoms with Gasteiger partial charge in [0.15, 0.2) is 5.16 Å². The van der Waals surface area contributed by atoms with Crippen LogP contribution < -0.4 is 0 Å². The number of carbonyl (C=O) groups is 2. The second-order valence-corrected chi connectivity index (χ2v) is 8.71. The minimum atomic E-state index is -0.0974. The van der Waals surface area contributed by atoms with E-state index >= 15 is 0 Å². The van der Waals surface area contributed by atoms with Gasteiger partial charge in [0.1, 0.15) is 0 Å². The number of hydrogen-bond donors (Lipinski definition) is 0. The topological polar surface area (TPSA) is 67.7 Å². The maximum atomic E-state index is 12.9. The molecule has 0 N–H and O–H groups in total. The van der Waals surface area contributed by atoms with Crippen molar-refractivity contribution < 1.29 is 14.3 Å². The zero-order valence-corrected chi connectivity index (χ0v) is 18.1. The van der Waals surface area contributed by atoms with Crippen molar-refractivity contribution in [3.05, 3.63) is 42.2 Å². The van der Waals surface area contributed by atoms with E-state index in [2.05, 4.69) is 24.0 Å². The number of aryl methyl sites for hydroxylation is 1. The summed E-state index contributed by atoms with van der Waals surface area (Å²) in [7, 11) is 0. The van der Waals surface area contributed by atoms with E-state index in [9.17, 15) is 9.59 Å². The average molecular weight is 429 g/mol. The number of amides is 2. The normalized spacial score (nSPS) is 19.7. The molecule has 4 rings (SSSR count). The van der Waals surface area contributed by atoms with Gasteiger partial charge in [0, 0.05) is 38.6 Å². The third kappa shape index (κ3) is 4.70. The number of likely N-dealkylation sites (tertiary alicyclic amines) is 1. The fourth-order valence-electron chi connectivity index (χ4n) is 4.08. The molecular formula is C22H28N4O3S. The smallest absolute Gasteiger partial charge is 0.233 e. The van der Waals surface area contributed by atoms with Crippen LogP contribution in [0.4, 0.5) is 0 Å². The van der Waals surface area contributed by atoms with Gasteiger partial charge in [-0.15, -0.1) is 0 Å². The zero-order chi connectivity index (χ0) is 20.9. The number of morpholine rings is 1. The van der Waals surface area contributed by atoms with Gasteiger partial charge in [0.05, 0.1) is 30.6 Å². The van der Waals surface area contributed by atoms with Crippen molar-refractivity contribution in [2.75, 3.05) is 45.1 Å². The summed E-state index contributed by atoms with van der Waals surface area (Å²) >= 11 is 1.45. The standard InChI is InChI=1S/C22H28N4O3S/c1-17-5-2-3-7-19(17)26-10-8-23-22(26)30-16-20(27)25-9-4-6-18(15-25)21(28)24-11-13-29-14-12-24/h2-3,5,7-8,10,18H,4,6,9,11-16H2,1H3. The number of benzene rings is 1. The summed E-state index contributed by atoms with van der Waals surface area (Å²) in [6.45, 7) is 5.81. The quantitative estimate of drug-likeness (QED) is 0.684. The predicted molar refractivity (Wildman–Crippen MR) is 116 cm³/mol. The number of rotatable bonds is 5. The van der Waals surface area contributed by atoms with Gasteiger partial charge < -0.3 is 14.5 Å². The highest BCUT2D eigenvalue weighted by Crippen LogP contribution is 2.25. The maximum absolute atomic E-state index is 12.9. The van der Waals surface area contributed by atoms with Crippen molar-refractivity contribution in [3.63, 3.8) is 0 Å². The van der Waals surface area contributed by atoms with E-state index in [0.29, 0.717) is 38.6 Å². The highest BCUT2D eigenvalue weighted by atomic mass is 32.2. The van der Waals surface area contributed by atoms with Crippen LogP contribution in [0.2, 0.25) is 0 Å². The Balaban J connectivity index is 1.35. The van der Waals surface area contributed by atoms with Crippen LogP contribution >= 0.6 is 11.8 Å². The van der Waals surface area contributed by atoms with E-state index in [0.717, 1.165) is 35.8 Å². The third-order valence-corrected chi connectivity index (χ3v) is 6.70. The Labute approximate surface area is 181 Å². The van der Waals surface area contributed by atoms with Crippen molar-refractivity contribution in [2.45, 2.75) is 24.9 Å². The molecule has 1 aromatic heterocycles. The highest BCUT2D eigenvalue weighted by Gasteiger charge is 2.31. The molecule has 0 radical (unpaired) electrons. The number of thioether (sulfide) groups is 1. The molecule has 0 spiro atoms. The first-order valence-electron chi connectivity index (χ1n) is 10.5. The molecule has 0 bridgehead atoms. The summed E-state index contributed by atoms with van der Waals surface area (Å²) < 4.78 is 7.37. The lowest BCUT2D eigenvalue weighted by atomic mass is 9.96. The SMILES string of the molecule is Cc1ccccc1-n1ccnc1SCC(=O)N1CCCC(C(=O)N2CCOCC2)C1. The number of piperidine rings is 1. The maximum Gasteiger partial charge on any atom is 0.233 e. The number of carbonyl (C=O) groups excluding carboxylic acids is 2. The van der Waals surface area contributed by atoms with Crippen molar-refractivity contribution in [2.24, 2.45) is 5.92 Å². The summed E-state index contributed by atoms with van der Waals surface area (Å²) in [5.74, 6) is 0.457. The Hall–Kier alpha value is -2.32. The second-order valence-electron chi connectivity index (χ2n) is 7.77. The molecule has 1 atom stereocenters. The van der Waals surface area contributed by atoms with Crippen LogP contribution in [0.1, 0.15) is 18.4 Å². The molecule has 0 saturated carbocycles. The lowest BCUT2D eigenvalue weighted by Gasteiger charge is -2.36. The van der Waals surface area contributed by atoms with E-state index in [1.54, 1.807) is 6.20 Å². The van der Waals surface area contributed by atoms with Gasteiger partial charge in [-0.3, -0.25) is 14.2 Å². The molecule has 1 aromatic carbocycles. The first-order valence-corrected chi connectivity index (χ1v) is 11.5. The van der Waals surface area contributed by atoms with Crippen molar-refractivity contribution in [1.82, 2.24) is 19.4 Å². The van der Waals surface area contributed by atoms with E-state index in [1.165, 1.54) is 11.8 Å². The molecule has 2 aromatic rings. The summed E-state index contributed by atoms with van der Waals surface area (Å²) in [5.41, 5.74) is 2.23. The van der Waals surface area contributed by atoms with Gasteiger partial charge in [-0.25, -0.2) is 4.98 Å². The summed E-state index contributed by atoms with van der Waals surface area (Å²) in [6.07, 6.45) is 5.41. The molecule has 2 aliphatic rings. The first-order chi connectivity index (χ1) is 14.6. The van der Waals surface area contributed by atoms with Gasteiger partial charge >= 0.3 is 0 Å². The minimum absolute atomic E-state index is 0.0683. The Kier molecular flexibility index (Phi) is 6.74. The van der Waals surface area contributed by atoms with Crippen LogP contribution in [-0.2, 0) is 14.3 Å². The summed E-state index contributed by atoms with van der Waals surface area (Å²) in [6, 6.07) is 8.13. The van der Waals surface area contributed by atoms with Crippen LogP contribution in [0, 0.1) is 12.8 Å². The van der Waals surface area contributed by atoms with E-state index in [-0.39, 0.29) is 17.7 Å².